The van der Waals surface area contributed by atoms with Crippen LogP contribution >= 0.6 is 11.8 Å². The molecule has 0 unspecified atom stereocenters. The molecule has 0 spiro atoms. The van der Waals surface area contributed by atoms with Crippen molar-refractivity contribution in [3.05, 3.63) is 54.1 Å². The summed E-state index contributed by atoms with van der Waals surface area (Å²) in [6.45, 7) is -0.0597. The number of aliphatic hydroxyl groups excluding tert-OH is 2. The Bertz CT molecular complexity index is 755. The predicted molar refractivity (Wildman–Crippen MR) is 113 cm³/mol. The Balaban J connectivity index is 2.17. The minimum atomic E-state index is -0.754. The van der Waals surface area contributed by atoms with E-state index in [9.17, 15) is 9.90 Å². The first-order valence-corrected chi connectivity index (χ1v) is 10.4. The largest absolute Gasteiger partial charge is 0.491 e. The number of ether oxygens (including phenoxy) is 3. The monoisotopic (exact) mass is 421 g/mol. The maximum Gasteiger partial charge on any atom is 0.412 e. The highest BCUT2D eigenvalue weighted by Crippen LogP contribution is 2.29. The van der Waals surface area contributed by atoms with Crippen molar-refractivity contribution in [2.24, 2.45) is 0 Å². The lowest BCUT2D eigenvalue weighted by Crippen LogP contribution is -2.29. The van der Waals surface area contributed by atoms with Crippen LogP contribution in [-0.4, -0.2) is 55.6 Å². The quantitative estimate of drug-likeness (QED) is 0.478. The maximum absolute atomic E-state index is 12.5. The highest BCUT2D eigenvalue weighted by Gasteiger charge is 2.27. The molecule has 0 bridgehead atoms. The lowest BCUT2D eigenvalue weighted by Gasteiger charge is -2.26. The van der Waals surface area contributed by atoms with E-state index in [1.807, 2.05) is 18.4 Å². The van der Waals surface area contributed by atoms with Crippen LogP contribution in [0.3, 0.4) is 0 Å². The lowest BCUT2D eigenvalue weighted by molar-refractivity contribution is -0.0306. The average Bonchev–Trinajstić information content (AvgIpc) is 2.75. The topological polar surface area (TPSA) is 97.2 Å². The lowest BCUT2D eigenvalue weighted by atomic mass is 10.0. The maximum atomic E-state index is 12.5. The van der Waals surface area contributed by atoms with Gasteiger partial charge in [-0.05, 0) is 48.2 Å². The summed E-state index contributed by atoms with van der Waals surface area (Å²) in [6.07, 6.45) is 0.339. The fraction of sp³-hybridized carbons (Fsp3) is 0.381. The number of hydrogen-bond donors (Lipinski definition) is 3. The van der Waals surface area contributed by atoms with Gasteiger partial charge in [0.2, 0.25) is 0 Å². The molecule has 0 aliphatic heterocycles. The van der Waals surface area contributed by atoms with Crippen molar-refractivity contribution in [2.45, 2.75) is 23.5 Å². The molecule has 0 aromatic heterocycles. The van der Waals surface area contributed by atoms with Gasteiger partial charge in [0.25, 0.3) is 0 Å². The Morgan fingerprint density at radius 1 is 1.14 bits per heavy atom. The summed E-state index contributed by atoms with van der Waals surface area (Å²) in [5.74, 6) is 0.539. The molecule has 29 heavy (non-hydrogen) atoms. The second-order valence-corrected chi connectivity index (χ2v) is 6.99. The van der Waals surface area contributed by atoms with Crippen molar-refractivity contribution in [2.75, 3.05) is 38.5 Å². The molecule has 0 aliphatic rings. The van der Waals surface area contributed by atoms with Crippen LogP contribution in [0.1, 0.15) is 18.1 Å². The van der Waals surface area contributed by atoms with E-state index in [4.69, 9.17) is 19.3 Å². The van der Waals surface area contributed by atoms with Crippen LogP contribution in [0.15, 0.2) is 53.4 Å². The number of carbonyl (C=O) groups excluding carboxylic acids is 1. The summed E-state index contributed by atoms with van der Waals surface area (Å²) in [4.78, 5) is 13.6. The summed E-state index contributed by atoms with van der Waals surface area (Å²) in [6, 6.07) is 14.4. The third-order valence-corrected chi connectivity index (χ3v) is 4.91. The van der Waals surface area contributed by atoms with Crippen molar-refractivity contribution in [3.63, 3.8) is 0 Å². The van der Waals surface area contributed by atoms with E-state index in [0.29, 0.717) is 23.4 Å². The van der Waals surface area contributed by atoms with Gasteiger partial charge in [-0.25, -0.2) is 4.79 Å². The number of thioether (sulfide) groups is 1. The zero-order valence-electron chi connectivity index (χ0n) is 16.5. The van der Waals surface area contributed by atoms with E-state index in [2.05, 4.69) is 5.32 Å². The van der Waals surface area contributed by atoms with Gasteiger partial charge in [-0.2, -0.15) is 0 Å². The first-order chi connectivity index (χ1) is 14.1. The first kappa shape index (κ1) is 23.0. The summed E-state index contributed by atoms with van der Waals surface area (Å²) in [5, 5.41) is 21.0. The van der Waals surface area contributed by atoms with Crippen LogP contribution < -0.4 is 10.1 Å². The molecule has 2 rings (SSSR count). The summed E-state index contributed by atoms with van der Waals surface area (Å²) >= 11 is 1.61. The van der Waals surface area contributed by atoms with Gasteiger partial charge in [-0.1, -0.05) is 12.1 Å². The molecule has 3 N–H and O–H groups in total. The SMILES string of the molecule is CO[C@@H](CCO)[C@@H](OC(=O)Nc1ccc(SC)cc1)c1cccc(OCCO)c1. The van der Waals surface area contributed by atoms with E-state index in [-0.39, 0.29) is 19.8 Å². The van der Waals surface area contributed by atoms with Crippen LogP contribution in [0, 0.1) is 0 Å². The third-order valence-electron chi connectivity index (χ3n) is 4.17. The molecule has 0 radical (unpaired) electrons. The fourth-order valence-corrected chi connectivity index (χ4v) is 3.17. The van der Waals surface area contributed by atoms with Crippen molar-refractivity contribution in [1.29, 1.82) is 0 Å². The van der Waals surface area contributed by atoms with Crippen LogP contribution in [0.2, 0.25) is 0 Å². The molecule has 0 saturated carbocycles. The molecule has 2 aromatic carbocycles. The van der Waals surface area contributed by atoms with Crippen molar-refractivity contribution in [3.8, 4) is 5.75 Å². The molecule has 0 saturated heterocycles. The van der Waals surface area contributed by atoms with Gasteiger partial charge in [-0.3, -0.25) is 5.32 Å². The molecule has 7 nitrogen and oxygen atoms in total. The van der Waals surface area contributed by atoms with Crippen LogP contribution in [0.25, 0.3) is 0 Å². The zero-order chi connectivity index (χ0) is 21.1. The molecule has 8 heteroatoms. The first-order valence-electron chi connectivity index (χ1n) is 9.20. The number of benzene rings is 2. The third kappa shape index (κ3) is 7.25. The number of methoxy groups -OCH3 is 1. The van der Waals surface area contributed by atoms with Gasteiger partial charge < -0.3 is 24.4 Å². The highest BCUT2D eigenvalue weighted by atomic mass is 32.2. The summed E-state index contributed by atoms with van der Waals surface area (Å²) < 4.78 is 16.6. The average molecular weight is 422 g/mol. The molecule has 2 aromatic rings. The molecule has 0 fully saturated rings. The number of amides is 1. The van der Waals surface area contributed by atoms with E-state index >= 15 is 0 Å². The Morgan fingerprint density at radius 3 is 2.52 bits per heavy atom. The van der Waals surface area contributed by atoms with Crippen LogP contribution in [-0.2, 0) is 9.47 Å². The predicted octanol–water partition coefficient (Wildman–Crippen LogP) is 3.47. The van der Waals surface area contributed by atoms with Gasteiger partial charge in [0.15, 0.2) is 6.10 Å². The van der Waals surface area contributed by atoms with E-state index in [1.165, 1.54) is 7.11 Å². The normalized spacial score (nSPS) is 12.8. The van der Waals surface area contributed by atoms with E-state index in [0.717, 1.165) is 4.90 Å². The number of aliphatic hydroxyl groups is 2. The fourth-order valence-electron chi connectivity index (χ4n) is 2.76. The van der Waals surface area contributed by atoms with Crippen LogP contribution in [0.5, 0.6) is 5.75 Å². The van der Waals surface area contributed by atoms with Crippen molar-refractivity contribution < 1.29 is 29.2 Å². The Hall–Kier alpha value is -2.26. The number of hydrogen-bond acceptors (Lipinski definition) is 7. The summed E-state index contributed by atoms with van der Waals surface area (Å²) in [7, 11) is 1.50. The number of nitrogens with one attached hydrogen (secondary N) is 1. The molecule has 0 heterocycles. The van der Waals surface area contributed by atoms with E-state index < -0.39 is 18.3 Å². The standard InChI is InChI=1S/C21H27NO6S/c1-26-19(10-11-23)20(15-4-3-5-17(14-15)27-13-12-24)28-21(25)22-16-6-8-18(29-2)9-7-16/h3-9,14,19-20,23-24H,10-13H2,1-2H3,(H,22,25)/t19-,20-/m0/s1. The number of anilines is 1. The van der Waals surface area contributed by atoms with Gasteiger partial charge in [0, 0.05) is 30.7 Å². The second-order valence-electron chi connectivity index (χ2n) is 6.11. The Kier molecular flexibility index (Phi) is 9.79. The van der Waals surface area contributed by atoms with Gasteiger partial charge in [-0.15, -0.1) is 11.8 Å². The molecular weight excluding hydrogens is 394 g/mol. The van der Waals surface area contributed by atoms with Gasteiger partial charge in [0.1, 0.15) is 18.5 Å². The van der Waals surface area contributed by atoms with Crippen LogP contribution in [0.4, 0.5) is 10.5 Å². The number of rotatable bonds is 11. The van der Waals surface area contributed by atoms with Gasteiger partial charge >= 0.3 is 6.09 Å². The minimum absolute atomic E-state index is 0.104. The minimum Gasteiger partial charge on any atom is -0.491 e. The molecule has 158 valence electrons. The highest BCUT2D eigenvalue weighted by molar-refractivity contribution is 7.98. The summed E-state index contributed by atoms with van der Waals surface area (Å²) in [5.41, 5.74) is 1.27. The van der Waals surface area contributed by atoms with Crippen molar-refractivity contribution in [1.82, 2.24) is 0 Å². The second kappa shape index (κ2) is 12.3. The van der Waals surface area contributed by atoms with Crippen molar-refractivity contribution >= 4 is 23.5 Å². The number of carbonyl (C=O) groups is 1. The zero-order valence-corrected chi connectivity index (χ0v) is 17.4. The van der Waals surface area contributed by atoms with Gasteiger partial charge in [0.05, 0.1) is 6.61 Å². The smallest absolute Gasteiger partial charge is 0.412 e. The Morgan fingerprint density at radius 2 is 1.90 bits per heavy atom. The molecule has 0 aliphatic carbocycles. The molecular formula is C21H27NO6S. The molecule has 1 amide bonds. The Labute approximate surface area is 175 Å². The molecule has 2 atom stereocenters. The van der Waals surface area contributed by atoms with E-state index in [1.54, 1.807) is 48.2 Å².